The minimum atomic E-state index is 0.0565. The topological polar surface area (TPSA) is 57.2 Å². The maximum atomic E-state index is 12.1. The number of carbonyl (C=O) groups is 1. The van der Waals surface area contributed by atoms with Gasteiger partial charge in [-0.15, -0.1) is 0 Å². The van der Waals surface area contributed by atoms with Crippen molar-refractivity contribution in [1.82, 2.24) is 15.1 Å². The SMILES string of the molecule is CC1CCCCC1NC(=NCC(=O)N(C)C)N1CCC2(CCOCC2)C1. The molecule has 0 aromatic heterocycles. The molecule has 148 valence electrons. The fraction of sp³-hybridized carbons (Fsp3) is 0.900. The Labute approximate surface area is 158 Å². The highest BCUT2D eigenvalue weighted by molar-refractivity contribution is 5.85. The van der Waals surface area contributed by atoms with Gasteiger partial charge in [0.05, 0.1) is 0 Å². The Balaban J connectivity index is 1.70. The summed E-state index contributed by atoms with van der Waals surface area (Å²) < 4.78 is 5.58. The van der Waals surface area contributed by atoms with Crippen LogP contribution < -0.4 is 5.32 Å². The molecule has 2 atom stereocenters. The van der Waals surface area contributed by atoms with Gasteiger partial charge >= 0.3 is 0 Å². The van der Waals surface area contributed by atoms with Crippen LogP contribution in [-0.4, -0.2) is 74.7 Å². The Morgan fingerprint density at radius 3 is 2.65 bits per heavy atom. The molecule has 2 unspecified atom stereocenters. The molecule has 26 heavy (non-hydrogen) atoms. The van der Waals surface area contributed by atoms with Gasteiger partial charge in [0, 0.05) is 46.4 Å². The largest absolute Gasteiger partial charge is 0.381 e. The van der Waals surface area contributed by atoms with E-state index in [9.17, 15) is 4.79 Å². The summed E-state index contributed by atoms with van der Waals surface area (Å²) in [5.74, 6) is 1.67. The van der Waals surface area contributed by atoms with E-state index in [0.717, 1.165) is 45.1 Å². The van der Waals surface area contributed by atoms with E-state index in [1.54, 1.807) is 19.0 Å². The number of nitrogens with one attached hydrogen (secondary N) is 1. The third-order valence-electron chi connectivity index (χ3n) is 6.58. The number of amides is 1. The van der Waals surface area contributed by atoms with Crippen LogP contribution >= 0.6 is 0 Å². The van der Waals surface area contributed by atoms with Crippen molar-refractivity contribution >= 4 is 11.9 Å². The van der Waals surface area contributed by atoms with Crippen molar-refractivity contribution in [2.75, 3.05) is 46.9 Å². The lowest BCUT2D eigenvalue weighted by Crippen LogP contribution is -2.49. The average Bonchev–Trinajstić information content (AvgIpc) is 3.03. The van der Waals surface area contributed by atoms with Gasteiger partial charge in [-0.1, -0.05) is 19.8 Å². The third kappa shape index (κ3) is 4.70. The van der Waals surface area contributed by atoms with Gasteiger partial charge in [0.25, 0.3) is 0 Å². The normalized spacial score (nSPS) is 29.0. The first-order valence-corrected chi connectivity index (χ1v) is 10.3. The van der Waals surface area contributed by atoms with E-state index in [1.807, 2.05) is 0 Å². The van der Waals surface area contributed by atoms with E-state index in [0.29, 0.717) is 17.4 Å². The summed E-state index contributed by atoms with van der Waals surface area (Å²) in [6, 6.07) is 0.475. The second-order valence-corrected chi connectivity index (χ2v) is 8.72. The van der Waals surface area contributed by atoms with E-state index in [2.05, 4.69) is 17.1 Å². The van der Waals surface area contributed by atoms with Crippen LogP contribution in [0.5, 0.6) is 0 Å². The predicted molar refractivity (Wildman–Crippen MR) is 104 cm³/mol. The van der Waals surface area contributed by atoms with Crippen molar-refractivity contribution in [3.63, 3.8) is 0 Å². The molecule has 6 nitrogen and oxygen atoms in total. The van der Waals surface area contributed by atoms with Crippen LogP contribution in [0.2, 0.25) is 0 Å². The quantitative estimate of drug-likeness (QED) is 0.615. The predicted octanol–water partition coefficient (Wildman–Crippen LogP) is 2.10. The standard InChI is InChI=1S/C20H36N4O2/c1-16-6-4-5-7-17(16)22-19(21-14-18(25)23(2)3)24-11-8-20(15-24)9-12-26-13-10-20/h16-17H,4-15H2,1-3H3,(H,21,22). The second kappa shape index (κ2) is 8.59. The molecule has 1 spiro atoms. The lowest BCUT2D eigenvalue weighted by Gasteiger charge is -2.36. The van der Waals surface area contributed by atoms with Crippen molar-refractivity contribution in [3.8, 4) is 0 Å². The number of nitrogens with zero attached hydrogens (tertiary/aromatic N) is 3. The fourth-order valence-electron chi connectivity index (χ4n) is 4.55. The van der Waals surface area contributed by atoms with E-state index < -0.39 is 0 Å². The minimum absolute atomic E-state index is 0.0565. The Kier molecular flexibility index (Phi) is 6.43. The van der Waals surface area contributed by atoms with Crippen molar-refractivity contribution < 1.29 is 9.53 Å². The molecule has 1 amide bonds. The molecule has 0 aromatic carbocycles. The highest BCUT2D eigenvalue weighted by Crippen LogP contribution is 2.39. The molecular weight excluding hydrogens is 328 g/mol. The van der Waals surface area contributed by atoms with E-state index in [4.69, 9.17) is 9.73 Å². The van der Waals surface area contributed by atoms with Gasteiger partial charge in [0.15, 0.2) is 5.96 Å². The number of carbonyl (C=O) groups excluding carboxylic acids is 1. The molecule has 2 saturated heterocycles. The molecule has 3 fully saturated rings. The van der Waals surface area contributed by atoms with Crippen LogP contribution in [0.3, 0.4) is 0 Å². The summed E-state index contributed by atoms with van der Waals surface area (Å²) in [5, 5.41) is 3.74. The highest BCUT2D eigenvalue weighted by Gasteiger charge is 2.40. The number of rotatable bonds is 3. The van der Waals surface area contributed by atoms with Crippen LogP contribution in [0, 0.1) is 11.3 Å². The highest BCUT2D eigenvalue weighted by atomic mass is 16.5. The smallest absolute Gasteiger partial charge is 0.243 e. The van der Waals surface area contributed by atoms with Crippen LogP contribution in [-0.2, 0) is 9.53 Å². The molecule has 0 bridgehead atoms. The Morgan fingerprint density at radius 2 is 1.96 bits per heavy atom. The summed E-state index contributed by atoms with van der Waals surface area (Å²) in [7, 11) is 3.59. The lowest BCUT2D eigenvalue weighted by atomic mass is 9.80. The fourth-order valence-corrected chi connectivity index (χ4v) is 4.55. The zero-order valence-electron chi connectivity index (χ0n) is 16.8. The maximum Gasteiger partial charge on any atom is 0.243 e. The maximum absolute atomic E-state index is 12.1. The number of ether oxygens (including phenoxy) is 1. The monoisotopic (exact) mass is 364 g/mol. The summed E-state index contributed by atoms with van der Waals surface area (Å²) in [5.41, 5.74) is 0.379. The molecule has 3 aliphatic rings. The Bertz CT molecular complexity index is 514. The first-order valence-electron chi connectivity index (χ1n) is 10.3. The Hall–Kier alpha value is -1.30. The van der Waals surface area contributed by atoms with Gasteiger partial charge in [0.1, 0.15) is 6.54 Å². The van der Waals surface area contributed by atoms with E-state index in [-0.39, 0.29) is 12.5 Å². The van der Waals surface area contributed by atoms with Crippen molar-refractivity contribution in [2.24, 2.45) is 16.3 Å². The first kappa shape index (κ1) is 19.5. The Morgan fingerprint density at radius 1 is 1.23 bits per heavy atom. The molecule has 1 saturated carbocycles. The first-order chi connectivity index (χ1) is 12.5. The molecule has 3 rings (SSSR count). The van der Waals surface area contributed by atoms with Crippen molar-refractivity contribution in [2.45, 2.75) is 57.9 Å². The zero-order chi connectivity index (χ0) is 18.6. The van der Waals surface area contributed by atoms with Crippen LogP contribution in [0.15, 0.2) is 4.99 Å². The third-order valence-corrected chi connectivity index (χ3v) is 6.58. The molecule has 6 heteroatoms. The van der Waals surface area contributed by atoms with Crippen molar-refractivity contribution in [1.29, 1.82) is 0 Å². The van der Waals surface area contributed by atoms with Crippen LogP contribution in [0.4, 0.5) is 0 Å². The molecule has 1 N–H and O–H groups in total. The van der Waals surface area contributed by atoms with Crippen LogP contribution in [0.1, 0.15) is 51.9 Å². The average molecular weight is 365 g/mol. The zero-order valence-corrected chi connectivity index (χ0v) is 16.8. The number of hydrogen-bond acceptors (Lipinski definition) is 3. The van der Waals surface area contributed by atoms with Gasteiger partial charge < -0.3 is 19.9 Å². The van der Waals surface area contributed by atoms with E-state index in [1.165, 1.54) is 32.1 Å². The number of hydrogen-bond donors (Lipinski definition) is 1. The number of aliphatic imine (C=N–C) groups is 1. The summed E-state index contributed by atoms with van der Waals surface area (Å²) in [6.07, 6.45) is 8.60. The van der Waals surface area contributed by atoms with Gasteiger partial charge in [-0.05, 0) is 43.4 Å². The lowest BCUT2D eigenvalue weighted by molar-refractivity contribution is -0.127. The number of likely N-dealkylation sites (N-methyl/N-ethyl adjacent to an activating group) is 1. The van der Waals surface area contributed by atoms with Crippen LogP contribution in [0.25, 0.3) is 0 Å². The minimum Gasteiger partial charge on any atom is -0.381 e. The number of guanidine groups is 1. The van der Waals surface area contributed by atoms with Gasteiger partial charge in [0.2, 0.25) is 5.91 Å². The summed E-state index contributed by atoms with van der Waals surface area (Å²) in [4.78, 5) is 20.8. The van der Waals surface area contributed by atoms with Gasteiger partial charge in [-0.3, -0.25) is 4.79 Å². The summed E-state index contributed by atoms with van der Waals surface area (Å²) >= 11 is 0. The molecule has 1 aliphatic carbocycles. The number of likely N-dealkylation sites (tertiary alicyclic amines) is 1. The summed E-state index contributed by atoms with van der Waals surface area (Å²) in [6.45, 7) is 6.40. The molecule has 0 aromatic rings. The molecule has 0 radical (unpaired) electrons. The van der Waals surface area contributed by atoms with Gasteiger partial charge in [-0.2, -0.15) is 0 Å². The second-order valence-electron chi connectivity index (χ2n) is 8.72. The molecule has 2 heterocycles. The van der Waals surface area contributed by atoms with E-state index >= 15 is 0 Å². The van der Waals surface area contributed by atoms with Gasteiger partial charge in [-0.25, -0.2) is 4.99 Å². The molecular formula is C20H36N4O2. The molecule has 2 aliphatic heterocycles. The van der Waals surface area contributed by atoms with Crippen molar-refractivity contribution in [3.05, 3.63) is 0 Å².